The fourth-order valence-corrected chi connectivity index (χ4v) is 2.82. The van der Waals surface area contributed by atoms with Gasteiger partial charge in [0.2, 0.25) is 0 Å². The Morgan fingerprint density at radius 3 is 2.17 bits per heavy atom. The van der Waals surface area contributed by atoms with Crippen LogP contribution in [0.4, 0.5) is 0 Å². The second kappa shape index (κ2) is 13.3. The van der Waals surface area contributed by atoms with Crippen molar-refractivity contribution in [1.82, 2.24) is 5.32 Å². The van der Waals surface area contributed by atoms with Gasteiger partial charge in [0.1, 0.15) is 0 Å². The first kappa shape index (κ1) is 21.1. The van der Waals surface area contributed by atoms with Crippen molar-refractivity contribution in [2.75, 3.05) is 6.61 Å². The standard InChI is InChI=1S/C14H17O2P.C6H15N/c1-3-7-13(8-4-1)11-15-17-16-12-14-9-5-2-6-10-14;1-5(2)7-6(3)4/h1,3-5,7-10,17H,2,6,11-12H2;5-7H,1-4H3. The Morgan fingerprint density at radius 2 is 1.62 bits per heavy atom. The van der Waals surface area contributed by atoms with Crippen LogP contribution >= 0.6 is 9.03 Å². The topological polar surface area (TPSA) is 30.5 Å². The van der Waals surface area contributed by atoms with Crippen molar-refractivity contribution in [3.8, 4) is 0 Å². The van der Waals surface area contributed by atoms with Gasteiger partial charge in [-0.3, -0.25) is 0 Å². The van der Waals surface area contributed by atoms with Crippen LogP contribution in [0, 0.1) is 0 Å². The maximum atomic E-state index is 5.48. The summed E-state index contributed by atoms with van der Waals surface area (Å²) in [4.78, 5) is 0. The van der Waals surface area contributed by atoms with E-state index >= 15 is 0 Å². The summed E-state index contributed by atoms with van der Waals surface area (Å²) in [7, 11) is 0.107. The molecule has 1 N–H and O–H groups in total. The predicted molar refractivity (Wildman–Crippen MR) is 105 cm³/mol. The quantitative estimate of drug-likeness (QED) is 0.504. The van der Waals surface area contributed by atoms with Gasteiger partial charge in [0.25, 0.3) is 0 Å². The lowest BCUT2D eigenvalue weighted by atomic mass is 10.1. The third-order valence-corrected chi connectivity index (χ3v) is 3.70. The molecular formula is C20H32NO2P. The van der Waals surface area contributed by atoms with Crippen LogP contribution in [0.1, 0.15) is 46.1 Å². The Balaban J connectivity index is 0.000000351. The van der Waals surface area contributed by atoms with Crippen LogP contribution in [0.25, 0.3) is 0 Å². The van der Waals surface area contributed by atoms with Gasteiger partial charge in [-0.05, 0) is 24.0 Å². The summed E-state index contributed by atoms with van der Waals surface area (Å²) in [5.74, 6) is 0. The highest BCUT2D eigenvalue weighted by molar-refractivity contribution is 7.26. The van der Waals surface area contributed by atoms with Crippen LogP contribution in [-0.2, 0) is 15.7 Å². The highest BCUT2D eigenvalue weighted by Gasteiger charge is 1.98. The molecule has 0 amide bonds. The van der Waals surface area contributed by atoms with Crippen molar-refractivity contribution in [1.29, 1.82) is 0 Å². The van der Waals surface area contributed by atoms with Crippen LogP contribution in [-0.4, -0.2) is 18.7 Å². The minimum Gasteiger partial charge on any atom is -0.331 e. The minimum absolute atomic E-state index is 0.107. The summed E-state index contributed by atoms with van der Waals surface area (Å²) in [5.41, 5.74) is 2.44. The van der Waals surface area contributed by atoms with Crippen LogP contribution in [0.2, 0.25) is 0 Å². The number of nitrogens with one attached hydrogen (secondary N) is 1. The predicted octanol–water partition coefficient (Wildman–Crippen LogP) is 5.40. The number of hydrogen-bond donors (Lipinski definition) is 1. The van der Waals surface area contributed by atoms with Gasteiger partial charge in [-0.2, -0.15) is 0 Å². The van der Waals surface area contributed by atoms with E-state index in [1.54, 1.807) is 0 Å². The number of hydrogen-bond acceptors (Lipinski definition) is 3. The maximum absolute atomic E-state index is 5.48. The molecule has 0 saturated carbocycles. The molecule has 0 heterocycles. The molecule has 0 radical (unpaired) electrons. The zero-order valence-electron chi connectivity index (χ0n) is 15.4. The van der Waals surface area contributed by atoms with Crippen molar-refractivity contribution < 1.29 is 9.05 Å². The van der Waals surface area contributed by atoms with Gasteiger partial charge < -0.3 is 14.4 Å². The third-order valence-electron chi connectivity index (χ3n) is 3.18. The largest absolute Gasteiger partial charge is 0.331 e. The first-order valence-corrected chi connectivity index (χ1v) is 9.53. The summed E-state index contributed by atoms with van der Waals surface area (Å²) in [5, 5.41) is 3.31. The molecule has 1 atom stereocenters. The summed E-state index contributed by atoms with van der Waals surface area (Å²) in [6, 6.07) is 11.4. The van der Waals surface area contributed by atoms with Crippen LogP contribution in [0.15, 0.2) is 54.1 Å². The molecule has 2 rings (SSSR count). The monoisotopic (exact) mass is 349 g/mol. The van der Waals surface area contributed by atoms with Crippen molar-refractivity contribution in [2.24, 2.45) is 0 Å². The van der Waals surface area contributed by atoms with E-state index < -0.39 is 0 Å². The van der Waals surface area contributed by atoms with E-state index in [0.717, 1.165) is 12.8 Å². The van der Waals surface area contributed by atoms with E-state index in [9.17, 15) is 0 Å². The molecule has 1 aromatic carbocycles. The average molecular weight is 349 g/mol. The highest BCUT2D eigenvalue weighted by Crippen LogP contribution is 2.19. The van der Waals surface area contributed by atoms with Gasteiger partial charge in [0, 0.05) is 12.1 Å². The first-order chi connectivity index (χ1) is 11.6. The molecule has 0 aromatic heterocycles. The molecule has 134 valence electrons. The van der Waals surface area contributed by atoms with Crippen molar-refractivity contribution in [2.45, 2.75) is 59.2 Å². The summed E-state index contributed by atoms with van der Waals surface area (Å²) >= 11 is 0. The third kappa shape index (κ3) is 11.5. The van der Waals surface area contributed by atoms with Gasteiger partial charge in [-0.25, -0.2) is 0 Å². The molecule has 1 aromatic rings. The molecule has 0 fully saturated rings. The fraction of sp³-hybridized carbons (Fsp3) is 0.500. The Bertz CT molecular complexity index is 478. The molecule has 1 unspecified atom stereocenters. The Kier molecular flexibility index (Phi) is 11.7. The Labute approximate surface area is 149 Å². The molecule has 1 aliphatic rings. The Morgan fingerprint density at radius 1 is 0.958 bits per heavy atom. The SMILES string of the molecule is C1=CC(COPOCc2ccccc2)=CCC1.CC(C)NC(C)C. The summed E-state index contributed by atoms with van der Waals surface area (Å²) < 4.78 is 10.9. The fourth-order valence-electron chi connectivity index (χ4n) is 2.28. The lowest BCUT2D eigenvalue weighted by molar-refractivity contribution is 0.274. The van der Waals surface area contributed by atoms with Crippen molar-refractivity contribution >= 4 is 9.03 Å². The van der Waals surface area contributed by atoms with E-state index in [1.807, 2.05) is 18.2 Å². The Hall–Kier alpha value is -0.990. The van der Waals surface area contributed by atoms with E-state index in [2.05, 4.69) is 63.4 Å². The summed E-state index contributed by atoms with van der Waals surface area (Å²) in [6.45, 7) is 9.89. The second-order valence-corrected chi connectivity index (χ2v) is 7.13. The lowest BCUT2D eigenvalue weighted by Gasteiger charge is -2.10. The van der Waals surface area contributed by atoms with Crippen LogP contribution in [0.3, 0.4) is 0 Å². The van der Waals surface area contributed by atoms with Gasteiger partial charge in [0.15, 0.2) is 9.03 Å². The van der Waals surface area contributed by atoms with Crippen LogP contribution < -0.4 is 5.32 Å². The maximum Gasteiger partial charge on any atom is 0.155 e. The molecule has 0 bridgehead atoms. The molecule has 24 heavy (non-hydrogen) atoms. The molecule has 0 saturated heterocycles. The average Bonchev–Trinajstić information content (AvgIpc) is 2.56. The number of allylic oxidation sites excluding steroid dienone is 2. The molecular weight excluding hydrogens is 317 g/mol. The van der Waals surface area contributed by atoms with Gasteiger partial charge >= 0.3 is 0 Å². The van der Waals surface area contributed by atoms with E-state index in [4.69, 9.17) is 9.05 Å². The number of benzene rings is 1. The highest BCUT2D eigenvalue weighted by atomic mass is 31.1. The van der Waals surface area contributed by atoms with Crippen LogP contribution in [0.5, 0.6) is 0 Å². The van der Waals surface area contributed by atoms with Gasteiger partial charge in [-0.1, -0.05) is 76.3 Å². The van der Waals surface area contributed by atoms with Gasteiger partial charge in [-0.15, -0.1) is 0 Å². The second-order valence-electron chi connectivity index (χ2n) is 6.38. The zero-order chi connectivity index (χ0) is 17.6. The minimum atomic E-state index is 0.107. The van der Waals surface area contributed by atoms with E-state index in [1.165, 1.54) is 11.1 Å². The zero-order valence-corrected chi connectivity index (χ0v) is 16.4. The first-order valence-electron chi connectivity index (χ1n) is 8.72. The van der Waals surface area contributed by atoms with Gasteiger partial charge in [0.05, 0.1) is 13.2 Å². The van der Waals surface area contributed by atoms with E-state index in [0.29, 0.717) is 25.3 Å². The molecule has 0 spiro atoms. The lowest BCUT2D eigenvalue weighted by Crippen LogP contribution is -2.29. The molecule has 1 aliphatic carbocycles. The normalized spacial score (nSPS) is 14.2. The smallest absolute Gasteiger partial charge is 0.155 e. The molecule has 0 aliphatic heterocycles. The number of rotatable bonds is 8. The van der Waals surface area contributed by atoms with Crippen molar-refractivity contribution in [3.05, 3.63) is 59.7 Å². The molecule has 3 nitrogen and oxygen atoms in total. The molecule has 4 heteroatoms. The summed E-state index contributed by atoms with van der Waals surface area (Å²) in [6.07, 6.45) is 8.82. The van der Waals surface area contributed by atoms with Crippen molar-refractivity contribution in [3.63, 3.8) is 0 Å². The van der Waals surface area contributed by atoms with E-state index in [-0.39, 0.29) is 9.03 Å².